The number of anilines is 1. The zero-order chi connectivity index (χ0) is 16.9. The van der Waals surface area contributed by atoms with E-state index in [1.54, 1.807) is 17.6 Å². The van der Waals surface area contributed by atoms with Crippen LogP contribution >= 0.6 is 23.1 Å². The van der Waals surface area contributed by atoms with Crippen LogP contribution in [-0.2, 0) is 4.79 Å². The van der Waals surface area contributed by atoms with Crippen molar-refractivity contribution >= 4 is 39.8 Å². The molecule has 0 fully saturated rings. The van der Waals surface area contributed by atoms with E-state index < -0.39 is 4.92 Å². The Bertz CT molecular complexity index is 865. The molecule has 1 amide bonds. The summed E-state index contributed by atoms with van der Waals surface area (Å²) in [5.41, 5.74) is 0.374. The minimum Gasteiger partial charge on any atom is -0.411 e. The molecule has 0 atom stereocenters. The van der Waals surface area contributed by atoms with Gasteiger partial charge in [0.25, 0.3) is 10.9 Å². The van der Waals surface area contributed by atoms with Gasteiger partial charge < -0.3 is 9.73 Å². The predicted octanol–water partition coefficient (Wildman–Crippen LogP) is 2.83. The van der Waals surface area contributed by atoms with Crippen molar-refractivity contribution in [1.82, 2.24) is 15.2 Å². The van der Waals surface area contributed by atoms with Crippen LogP contribution in [0.3, 0.4) is 0 Å². The average molecular weight is 363 g/mol. The van der Waals surface area contributed by atoms with Gasteiger partial charge in [0.05, 0.1) is 10.7 Å². The number of thioether (sulfide) groups is 1. The number of hydrogen-bond acceptors (Lipinski definition) is 9. The van der Waals surface area contributed by atoms with E-state index in [1.165, 1.54) is 29.5 Å². The molecule has 0 spiro atoms. The first-order valence-corrected chi connectivity index (χ1v) is 8.39. The zero-order valence-corrected chi connectivity index (χ0v) is 13.5. The first-order chi connectivity index (χ1) is 11.6. The fourth-order valence-corrected chi connectivity index (χ4v) is 2.81. The highest BCUT2D eigenvalue weighted by Gasteiger charge is 2.14. The highest BCUT2D eigenvalue weighted by Crippen LogP contribution is 2.26. The van der Waals surface area contributed by atoms with E-state index in [1.807, 2.05) is 0 Å². The van der Waals surface area contributed by atoms with Crippen LogP contribution in [-0.4, -0.2) is 31.8 Å². The lowest BCUT2D eigenvalue weighted by atomic mass is 10.2. The molecule has 0 radical (unpaired) electrons. The summed E-state index contributed by atoms with van der Waals surface area (Å²) in [5.74, 6) is -0.0116. The second-order valence-electron chi connectivity index (χ2n) is 4.35. The lowest BCUT2D eigenvalue weighted by Crippen LogP contribution is -2.13. The summed E-state index contributed by atoms with van der Waals surface area (Å²) >= 11 is 2.39. The molecule has 122 valence electrons. The van der Waals surface area contributed by atoms with Gasteiger partial charge in [-0.2, -0.15) is 0 Å². The number of rotatable bonds is 6. The smallest absolute Gasteiger partial charge is 0.277 e. The Morgan fingerprint density at radius 1 is 1.42 bits per heavy atom. The molecule has 2 aromatic heterocycles. The normalized spacial score (nSPS) is 10.5. The van der Waals surface area contributed by atoms with E-state index in [9.17, 15) is 14.9 Å². The van der Waals surface area contributed by atoms with Crippen LogP contribution in [0.1, 0.15) is 0 Å². The predicted molar refractivity (Wildman–Crippen MR) is 87.9 cm³/mol. The second kappa shape index (κ2) is 7.19. The third kappa shape index (κ3) is 3.94. The fraction of sp³-hybridized carbons (Fsp3) is 0.0769. The van der Waals surface area contributed by atoms with E-state index in [-0.39, 0.29) is 28.5 Å². The number of nitrogens with one attached hydrogen (secondary N) is 1. The summed E-state index contributed by atoms with van der Waals surface area (Å²) in [6.07, 6.45) is 1.59. The molecule has 24 heavy (non-hydrogen) atoms. The Hall–Kier alpha value is -2.79. The molecule has 1 aromatic carbocycles. The quantitative estimate of drug-likeness (QED) is 0.403. The van der Waals surface area contributed by atoms with Crippen molar-refractivity contribution in [3.63, 3.8) is 0 Å². The third-order valence-corrected chi connectivity index (χ3v) is 4.22. The number of amides is 1. The summed E-state index contributed by atoms with van der Waals surface area (Å²) in [4.78, 5) is 26.0. The van der Waals surface area contributed by atoms with Crippen molar-refractivity contribution in [3.8, 4) is 11.5 Å². The Kier molecular flexibility index (Phi) is 4.82. The van der Waals surface area contributed by atoms with Crippen molar-refractivity contribution in [2.24, 2.45) is 0 Å². The first-order valence-electron chi connectivity index (χ1n) is 6.52. The van der Waals surface area contributed by atoms with Gasteiger partial charge in [0.1, 0.15) is 0 Å². The van der Waals surface area contributed by atoms with E-state index in [2.05, 4.69) is 20.5 Å². The molecular formula is C13H9N5O4S2. The van der Waals surface area contributed by atoms with Gasteiger partial charge in [-0.3, -0.25) is 14.9 Å². The van der Waals surface area contributed by atoms with Gasteiger partial charge in [0.2, 0.25) is 11.8 Å². The number of benzene rings is 1. The Morgan fingerprint density at radius 2 is 2.29 bits per heavy atom. The van der Waals surface area contributed by atoms with Gasteiger partial charge in [-0.1, -0.05) is 17.8 Å². The van der Waals surface area contributed by atoms with Crippen molar-refractivity contribution < 1.29 is 14.1 Å². The number of hydrogen-bond donors (Lipinski definition) is 1. The van der Waals surface area contributed by atoms with Gasteiger partial charge in [-0.05, 0) is 6.07 Å². The number of nitrogens with zero attached hydrogens (tertiary/aromatic N) is 4. The van der Waals surface area contributed by atoms with Crippen molar-refractivity contribution in [2.75, 3.05) is 11.1 Å². The van der Waals surface area contributed by atoms with E-state index in [4.69, 9.17) is 4.42 Å². The molecule has 0 saturated heterocycles. The van der Waals surface area contributed by atoms with Crippen LogP contribution in [0.2, 0.25) is 0 Å². The first kappa shape index (κ1) is 16.1. The standard InChI is InChI=1S/C13H9N5O4S2/c19-10(15-12-14-4-5-23-12)7-24-13-17-16-11(22-13)8-2-1-3-9(6-8)18(20)21/h1-6H,7H2,(H,14,15,19). The Morgan fingerprint density at radius 3 is 3.04 bits per heavy atom. The molecule has 3 rings (SSSR count). The number of thiazole rings is 1. The van der Waals surface area contributed by atoms with Crippen LogP contribution in [0.25, 0.3) is 11.5 Å². The van der Waals surface area contributed by atoms with E-state index in [0.29, 0.717) is 10.7 Å². The maximum Gasteiger partial charge on any atom is 0.277 e. The fourth-order valence-electron chi connectivity index (χ4n) is 1.71. The summed E-state index contributed by atoms with van der Waals surface area (Å²) in [5, 5.41) is 23.5. The van der Waals surface area contributed by atoms with E-state index in [0.717, 1.165) is 11.8 Å². The monoisotopic (exact) mass is 363 g/mol. The highest BCUT2D eigenvalue weighted by atomic mass is 32.2. The summed E-state index contributed by atoms with van der Waals surface area (Å²) in [7, 11) is 0. The Labute approximate surface area is 143 Å². The van der Waals surface area contributed by atoms with Gasteiger partial charge in [0, 0.05) is 29.3 Å². The molecular weight excluding hydrogens is 354 g/mol. The SMILES string of the molecule is O=C(CSc1nnc(-c2cccc([N+](=O)[O-])c2)o1)Nc1nccs1. The zero-order valence-electron chi connectivity index (χ0n) is 11.9. The molecule has 0 aliphatic rings. The number of nitro benzene ring substituents is 1. The summed E-state index contributed by atoms with van der Waals surface area (Å²) < 4.78 is 5.42. The maximum absolute atomic E-state index is 11.8. The van der Waals surface area contributed by atoms with Crippen molar-refractivity contribution in [1.29, 1.82) is 0 Å². The molecule has 0 unspecified atom stereocenters. The minimum atomic E-state index is -0.502. The third-order valence-electron chi connectivity index (χ3n) is 2.72. The van der Waals surface area contributed by atoms with Crippen LogP contribution in [0.4, 0.5) is 10.8 Å². The molecule has 0 bridgehead atoms. The number of non-ortho nitro benzene ring substituents is 1. The molecule has 3 aromatic rings. The molecule has 0 aliphatic heterocycles. The van der Waals surface area contributed by atoms with Gasteiger partial charge >= 0.3 is 0 Å². The molecule has 0 aliphatic carbocycles. The van der Waals surface area contributed by atoms with Crippen LogP contribution in [0.5, 0.6) is 0 Å². The van der Waals surface area contributed by atoms with Gasteiger partial charge in [-0.25, -0.2) is 4.98 Å². The van der Waals surface area contributed by atoms with Crippen LogP contribution in [0.15, 0.2) is 45.5 Å². The van der Waals surface area contributed by atoms with Crippen LogP contribution in [0, 0.1) is 10.1 Å². The largest absolute Gasteiger partial charge is 0.411 e. The lowest BCUT2D eigenvalue weighted by Gasteiger charge is -1.98. The van der Waals surface area contributed by atoms with Crippen LogP contribution < -0.4 is 5.32 Å². The molecule has 9 nitrogen and oxygen atoms in total. The summed E-state index contributed by atoms with van der Waals surface area (Å²) in [6.45, 7) is 0. The lowest BCUT2D eigenvalue weighted by molar-refractivity contribution is -0.384. The van der Waals surface area contributed by atoms with Gasteiger partial charge in [0.15, 0.2) is 5.13 Å². The van der Waals surface area contributed by atoms with Gasteiger partial charge in [-0.15, -0.1) is 21.5 Å². The average Bonchev–Trinajstić information content (AvgIpc) is 3.24. The molecule has 2 heterocycles. The molecule has 1 N–H and O–H groups in total. The molecule has 11 heteroatoms. The van der Waals surface area contributed by atoms with E-state index >= 15 is 0 Å². The summed E-state index contributed by atoms with van der Waals surface area (Å²) in [6, 6.07) is 5.88. The molecule has 0 saturated carbocycles. The Balaban J connectivity index is 1.62. The highest BCUT2D eigenvalue weighted by molar-refractivity contribution is 7.99. The van der Waals surface area contributed by atoms with Crippen molar-refractivity contribution in [2.45, 2.75) is 5.22 Å². The topological polar surface area (TPSA) is 124 Å². The minimum absolute atomic E-state index is 0.0669. The maximum atomic E-state index is 11.8. The second-order valence-corrected chi connectivity index (χ2v) is 6.18. The number of aromatic nitrogens is 3. The van der Waals surface area contributed by atoms with Crippen molar-refractivity contribution in [3.05, 3.63) is 46.0 Å². The number of carbonyl (C=O) groups excluding carboxylic acids is 1. The number of carbonyl (C=O) groups is 1. The number of nitro groups is 1.